The number of carboxylic acids is 1. The monoisotopic (exact) mass is 325 g/mol. The van der Waals surface area contributed by atoms with Gasteiger partial charge in [-0.25, -0.2) is 13.2 Å². The molecule has 2 rings (SSSR count). The van der Waals surface area contributed by atoms with E-state index < -0.39 is 43.9 Å². The molecule has 21 heavy (non-hydrogen) atoms. The molecule has 1 aliphatic carbocycles. The highest BCUT2D eigenvalue weighted by Crippen LogP contribution is 2.49. The molecule has 0 amide bonds. The summed E-state index contributed by atoms with van der Waals surface area (Å²) in [5.41, 5.74) is -3.21. The van der Waals surface area contributed by atoms with E-state index in [4.69, 9.17) is 5.11 Å². The molecule has 1 aliphatic rings. The maximum Gasteiger partial charge on any atom is 0.407 e. The van der Waals surface area contributed by atoms with Crippen molar-refractivity contribution in [2.45, 2.75) is 29.5 Å². The third-order valence-corrected chi connectivity index (χ3v) is 4.67. The van der Waals surface area contributed by atoms with E-state index in [9.17, 15) is 31.5 Å². The topological polar surface area (TPSA) is 104 Å². The van der Waals surface area contributed by atoms with E-state index in [2.05, 4.69) is 0 Å². The number of halogens is 3. The van der Waals surface area contributed by atoms with Crippen LogP contribution in [0.2, 0.25) is 0 Å². The molecule has 0 aromatic heterocycles. The van der Waals surface area contributed by atoms with E-state index in [0.717, 1.165) is 12.1 Å². The van der Waals surface area contributed by atoms with Crippen molar-refractivity contribution in [3.05, 3.63) is 23.8 Å². The van der Waals surface area contributed by atoms with E-state index in [1.807, 2.05) is 0 Å². The third-order valence-electron chi connectivity index (χ3n) is 3.13. The van der Waals surface area contributed by atoms with Crippen LogP contribution in [0.4, 0.5) is 13.2 Å². The van der Waals surface area contributed by atoms with Crippen LogP contribution in [0.1, 0.15) is 23.2 Å². The molecule has 6 nitrogen and oxygen atoms in total. The lowest BCUT2D eigenvalue weighted by Crippen LogP contribution is -2.47. The van der Waals surface area contributed by atoms with Crippen LogP contribution in [0.15, 0.2) is 23.1 Å². The largest absolute Gasteiger partial charge is 0.507 e. The fourth-order valence-corrected chi connectivity index (χ4v) is 3.21. The van der Waals surface area contributed by atoms with Crippen LogP contribution in [-0.4, -0.2) is 36.3 Å². The van der Waals surface area contributed by atoms with Crippen molar-refractivity contribution < 1.29 is 36.6 Å². The van der Waals surface area contributed by atoms with Crippen LogP contribution in [-0.2, 0) is 10.0 Å². The standard InChI is InChI=1S/C11H10F3NO5S/c12-11(13,14)10(3-4-10)15-21(19,20)6-1-2-8(16)7(5-6)9(17)18/h1-2,5,15-16H,3-4H2,(H,17,18). The van der Waals surface area contributed by atoms with Gasteiger partial charge in [0.05, 0.1) is 4.90 Å². The van der Waals surface area contributed by atoms with Gasteiger partial charge in [-0.3, -0.25) is 0 Å². The van der Waals surface area contributed by atoms with Gasteiger partial charge in [-0.15, -0.1) is 0 Å². The Morgan fingerprint density at radius 2 is 1.86 bits per heavy atom. The first kappa shape index (κ1) is 15.6. The molecule has 3 N–H and O–H groups in total. The minimum atomic E-state index is -4.73. The van der Waals surface area contributed by atoms with Crippen molar-refractivity contribution in [2.24, 2.45) is 0 Å². The number of carbonyl (C=O) groups is 1. The van der Waals surface area contributed by atoms with E-state index >= 15 is 0 Å². The molecular formula is C11H10F3NO5S. The van der Waals surface area contributed by atoms with E-state index in [1.165, 1.54) is 0 Å². The average molecular weight is 325 g/mol. The number of benzene rings is 1. The van der Waals surface area contributed by atoms with Gasteiger partial charge in [0.15, 0.2) is 0 Å². The normalized spacial score (nSPS) is 17.5. The Balaban J connectivity index is 2.38. The molecule has 1 saturated carbocycles. The Bertz CT molecular complexity index is 694. The van der Waals surface area contributed by atoms with Crippen LogP contribution in [0.3, 0.4) is 0 Å². The molecule has 0 atom stereocenters. The number of sulfonamides is 1. The summed E-state index contributed by atoms with van der Waals surface area (Å²) in [6, 6.07) is 2.23. The molecule has 0 unspecified atom stereocenters. The molecule has 0 saturated heterocycles. The van der Waals surface area contributed by atoms with Crippen LogP contribution < -0.4 is 4.72 Å². The molecule has 0 aliphatic heterocycles. The zero-order chi connectivity index (χ0) is 16.1. The number of alkyl halides is 3. The number of rotatable bonds is 4. The minimum absolute atomic E-state index is 0.375. The fraction of sp³-hybridized carbons (Fsp3) is 0.364. The maximum absolute atomic E-state index is 12.8. The maximum atomic E-state index is 12.8. The van der Waals surface area contributed by atoms with Crippen LogP contribution in [0, 0.1) is 0 Å². The number of hydrogen-bond donors (Lipinski definition) is 3. The number of nitrogens with one attached hydrogen (secondary N) is 1. The van der Waals surface area contributed by atoms with Crippen molar-refractivity contribution in [1.29, 1.82) is 0 Å². The molecule has 0 spiro atoms. The summed E-state index contributed by atoms with van der Waals surface area (Å²) in [6.07, 6.45) is -5.48. The molecule has 1 aromatic rings. The average Bonchev–Trinajstić information content (AvgIpc) is 3.08. The molecule has 116 valence electrons. The van der Waals surface area contributed by atoms with Crippen molar-refractivity contribution in [2.75, 3.05) is 0 Å². The van der Waals surface area contributed by atoms with Crippen LogP contribution >= 0.6 is 0 Å². The van der Waals surface area contributed by atoms with Crippen molar-refractivity contribution in [1.82, 2.24) is 4.72 Å². The number of aromatic hydroxyl groups is 1. The Morgan fingerprint density at radius 1 is 1.29 bits per heavy atom. The Hall–Kier alpha value is -1.81. The van der Waals surface area contributed by atoms with Crippen molar-refractivity contribution in [3.8, 4) is 5.75 Å². The predicted molar refractivity (Wildman–Crippen MR) is 63.4 cm³/mol. The Kier molecular flexibility index (Phi) is 3.41. The molecule has 1 aromatic carbocycles. The number of carboxylic acid groups (broad SMARTS) is 1. The second kappa shape index (κ2) is 4.60. The third kappa shape index (κ3) is 2.81. The quantitative estimate of drug-likeness (QED) is 0.777. The van der Waals surface area contributed by atoms with Gasteiger partial charge in [-0.1, -0.05) is 0 Å². The van der Waals surface area contributed by atoms with Crippen LogP contribution in [0.25, 0.3) is 0 Å². The summed E-state index contributed by atoms with van der Waals surface area (Å²) in [5, 5.41) is 18.0. The summed E-state index contributed by atoms with van der Waals surface area (Å²) < 4.78 is 63.7. The van der Waals surface area contributed by atoms with Gasteiger partial charge in [0.25, 0.3) is 0 Å². The SMILES string of the molecule is O=C(O)c1cc(S(=O)(=O)NC2(C(F)(F)F)CC2)ccc1O. The first-order valence-electron chi connectivity index (χ1n) is 5.66. The lowest BCUT2D eigenvalue weighted by Gasteiger charge is -2.20. The van der Waals surface area contributed by atoms with E-state index in [-0.39, 0.29) is 12.8 Å². The second-order valence-corrected chi connectivity index (χ2v) is 6.35. The summed E-state index contributed by atoms with van der Waals surface area (Å²) >= 11 is 0. The van der Waals surface area contributed by atoms with E-state index in [1.54, 1.807) is 4.72 Å². The van der Waals surface area contributed by atoms with Crippen molar-refractivity contribution >= 4 is 16.0 Å². The van der Waals surface area contributed by atoms with Gasteiger partial charge < -0.3 is 10.2 Å². The molecule has 0 radical (unpaired) electrons. The van der Waals surface area contributed by atoms with Gasteiger partial charge in [0.2, 0.25) is 10.0 Å². The summed E-state index contributed by atoms with van der Waals surface area (Å²) in [6.45, 7) is 0. The molecule has 0 heterocycles. The first-order valence-corrected chi connectivity index (χ1v) is 7.14. The van der Waals surface area contributed by atoms with Gasteiger partial charge in [-0.2, -0.15) is 17.9 Å². The van der Waals surface area contributed by atoms with Gasteiger partial charge in [0, 0.05) is 0 Å². The number of phenols is 1. The summed E-state index contributed by atoms with van der Waals surface area (Å²) in [4.78, 5) is 10.1. The first-order chi connectivity index (χ1) is 9.48. The lowest BCUT2D eigenvalue weighted by molar-refractivity contribution is -0.160. The molecular weight excluding hydrogens is 315 g/mol. The smallest absolute Gasteiger partial charge is 0.407 e. The molecule has 10 heteroatoms. The Labute approximate surface area is 117 Å². The summed E-state index contributed by atoms with van der Waals surface area (Å²) in [5.74, 6) is -2.28. The highest BCUT2D eigenvalue weighted by molar-refractivity contribution is 7.89. The highest BCUT2D eigenvalue weighted by Gasteiger charge is 2.65. The lowest BCUT2D eigenvalue weighted by atomic mass is 10.2. The van der Waals surface area contributed by atoms with Crippen LogP contribution in [0.5, 0.6) is 5.75 Å². The van der Waals surface area contributed by atoms with Gasteiger partial charge in [0.1, 0.15) is 16.9 Å². The number of aromatic carboxylic acids is 1. The predicted octanol–water partition coefficient (Wildman–Crippen LogP) is 1.46. The van der Waals surface area contributed by atoms with Gasteiger partial charge >= 0.3 is 12.1 Å². The number of hydrogen-bond acceptors (Lipinski definition) is 4. The fourth-order valence-electron chi connectivity index (χ4n) is 1.74. The summed E-state index contributed by atoms with van der Waals surface area (Å²) in [7, 11) is -4.56. The van der Waals surface area contributed by atoms with Gasteiger partial charge in [-0.05, 0) is 31.0 Å². The zero-order valence-electron chi connectivity index (χ0n) is 10.3. The molecule has 0 bridgehead atoms. The highest BCUT2D eigenvalue weighted by atomic mass is 32.2. The molecule has 1 fully saturated rings. The Morgan fingerprint density at radius 3 is 2.29 bits per heavy atom. The zero-order valence-corrected chi connectivity index (χ0v) is 11.1. The second-order valence-electron chi connectivity index (χ2n) is 4.67. The van der Waals surface area contributed by atoms with Crippen molar-refractivity contribution in [3.63, 3.8) is 0 Å². The van der Waals surface area contributed by atoms with E-state index in [0.29, 0.717) is 6.07 Å². The minimum Gasteiger partial charge on any atom is -0.507 e.